The molecule has 0 amide bonds. The minimum absolute atomic E-state index is 0.557. The van der Waals surface area contributed by atoms with Crippen LogP contribution < -0.4 is 0 Å². The Morgan fingerprint density at radius 3 is 2.75 bits per heavy atom. The third kappa shape index (κ3) is 2.19. The average molecular weight is 238 g/mol. The van der Waals surface area contributed by atoms with Crippen LogP contribution in [0.25, 0.3) is 5.65 Å². The monoisotopic (exact) mass is 237 g/mol. The molecule has 0 aliphatic heterocycles. The number of rotatable bonds is 3. The summed E-state index contributed by atoms with van der Waals surface area (Å²) in [5.74, 6) is 1.42. The van der Waals surface area contributed by atoms with Gasteiger partial charge in [-0.05, 0) is 30.0 Å². The van der Waals surface area contributed by atoms with E-state index in [1.807, 2.05) is 12.1 Å². The van der Waals surface area contributed by atoms with Gasteiger partial charge in [0.05, 0.1) is 0 Å². The first kappa shape index (κ1) is 11.4. The van der Waals surface area contributed by atoms with Crippen molar-refractivity contribution in [1.82, 2.24) is 14.6 Å². The number of pyridine rings is 1. The van der Waals surface area contributed by atoms with Gasteiger partial charge >= 0.3 is 0 Å². The maximum atomic E-state index is 6.15. The van der Waals surface area contributed by atoms with Crippen molar-refractivity contribution in [2.24, 2.45) is 5.92 Å². The normalized spacial score (nSPS) is 11.6. The van der Waals surface area contributed by atoms with Gasteiger partial charge in [0.1, 0.15) is 5.15 Å². The summed E-state index contributed by atoms with van der Waals surface area (Å²) >= 11 is 6.15. The van der Waals surface area contributed by atoms with Crippen LogP contribution in [0.15, 0.2) is 12.1 Å². The Morgan fingerprint density at radius 2 is 2.12 bits per heavy atom. The highest BCUT2D eigenvalue weighted by Crippen LogP contribution is 2.16. The van der Waals surface area contributed by atoms with Crippen LogP contribution in [0.1, 0.15) is 32.2 Å². The number of hydrogen-bond acceptors (Lipinski definition) is 2. The number of aromatic nitrogens is 3. The summed E-state index contributed by atoms with van der Waals surface area (Å²) in [7, 11) is 0. The Labute approximate surface area is 100 Å². The molecule has 0 aliphatic carbocycles. The second-order valence-electron chi connectivity index (χ2n) is 4.44. The van der Waals surface area contributed by atoms with Gasteiger partial charge in [-0.25, -0.2) is 9.50 Å². The number of aryl methyl sites for hydroxylation is 1. The SMILES string of the molecule is CCc1cc(Cl)n2nc(CC(C)C)nc2c1. The van der Waals surface area contributed by atoms with Crippen molar-refractivity contribution in [3.05, 3.63) is 28.7 Å². The minimum Gasteiger partial charge on any atom is -0.212 e. The molecule has 16 heavy (non-hydrogen) atoms. The van der Waals surface area contributed by atoms with Crippen molar-refractivity contribution in [3.8, 4) is 0 Å². The summed E-state index contributed by atoms with van der Waals surface area (Å²) in [5.41, 5.74) is 2.04. The molecule has 0 aromatic carbocycles. The molecule has 0 aliphatic rings. The molecular formula is C12H16ClN3. The summed E-state index contributed by atoms with van der Waals surface area (Å²) in [6.07, 6.45) is 1.85. The number of halogens is 1. The molecule has 3 nitrogen and oxygen atoms in total. The zero-order valence-electron chi connectivity index (χ0n) is 9.87. The first-order valence-corrected chi connectivity index (χ1v) is 6.02. The molecule has 2 aromatic heterocycles. The highest BCUT2D eigenvalue weighted by atomic mass is 35.5. The Morgan fingerprint density at radius 1 is 1.38 bits per heavy atom. The zero-order valence-corrected chi connectivity index (χ0v) is 10.6. The minimum atomic E-state index is 0.557. The first-order chi connectivity index (χ1) is 7.60. The summed E-state index contributed by atoms with van der Waals surface area (Å²) in [6.45, 7) is 6.42. The lowest BCUT2D eigenvalue weighted by molar-refractivity contribution is 0.620. The first-order valence-electron chi connectivity index (χ1n) is 5.64. The summed E-state index contributed by atoms with van der Waals surface area (Å²) < 4.78 is 1.71. The highest BCUT2D eigenvalue weighted by Gasteiger charge is 2.09. The van der Waals surface area contributed by atoms with E-state index in [2.05, 4.69) is 30.9 Å². The quantitative estimate of drug-likeness (QED) is 0.768. The standard InChI is InChI=1S/C12H16ClN3/c1-4-9-6-10(13)16-12(7-9)14-11(15-16)5-8(2)3/h6-8H,4-5H2,1-3H3. The van der Waals surface area contributed by atoms with Gasteiger partial charge in [-0.15, -0.1) is 5.10 Å². The smallest absolute Gasteiger partial charge is 0.157 e. The fourth-order valence-electron chi connectivity index (χ4n) is 1.70. The topological polar surface area (TPSA) is 30.2 Å². The lowest BCUT2D eigenvalue weighted by Gasteiger charge is -1.99. The maximum absolute atomic E-state index is 6.15. The highest BCUT2D eigenvalue weighted by molar-refractivity contribution is 6.29. The van der Waals surface area contributed by atoms with Crippen LogP contribution in [0.4, 0.5) is 0 Å². The maximum Gasteiger partial charge on any atom is 0.157 e. The number of nitrogens with zero attached hydrogens (tertiary/aromatic N) is 3. The van der Waals surface area contributed by atoms with Gasteiger partial charge in [0.2, 0.25) is 0 Å². The summed E-state index contributed by atoms with van der Waals surface area (Å²) in [4.78, 5) is 4.49. The van der Waals surface area contributed by atoms with Crippen molar-refractivity contribution in [3.63, 3.8) is 0 Å². The number of fused-ring (bicyclic) bond motifs is 1. The molecule has 0 N–H and O–H groups in total. The van der Waals surface area contributed by atoms with Gasteiger partial charge < -0.3 is 0 Å². The van der Waals surface area contributed by atoms with Gasteiger partial charge in [0.25, 0.3) is 0 Å². The molecule has 0 saturated carbocycles. The largest absolute Gasteiger partial charge is 0.212 e. The van der Waals surface area contributed by atoms with Crippen LogP contribution in [-0.4, -0.2) is 14.6 Å². The fraction of sp³-hybridized carbons (Fsp3) is 0.500. The number of hydrogen-bond donors (Lipinski definition) is 0. The van der Waals surface area contributed by atoms with E-state index in [4.69, 9.17) is 11.6 Å². The van der Waals surface area contributed by atoms with E-state index in [0.29, 0.717) is 11.1 Å². The average Bonchev–Trinajstić information content (AvgIpc) is 2.59. The van der Waals surface area contributed by atoms with Crippen LogP contribution >= 0.6 is 11.6 Å². The van der Waals surface area contributed by atoms with E-state index >= 15 is 0 Å². The molecule has 86 valence electrons. The van der Waals surface area contributed by atoms with E-state index in [0.717, 1.165) is 24.3 Å². The van der Waals surface area contributed by atoms with E-state index in [9.17, 15) is 0 Å². The molecule has 0 bridgehead atoms. The molecule has 0 atom stereocenters. The molecule has 0 fully saturated rings. The van der Waals surface area contributed by atoms with Gasteiger partial charge in [0, 0.05) is 6.42 Å². The molecule has 0 unspecified atom stereocenters. The van der Waals surface area contributed by atoms with Crippen LogP contribution in [0, 0.1) is 5.92 Å². The Hall–Kier alpha value is -1.09. The fourth-order valence-corrected chi connectivity index (χ4v) is 1.96. The van der Waals surface area contributed by atoms with Gasteiger partial charge in [0.15, 0.2) is 11.5 Å². The van der Waals surface area contributed by atoms with Crippen LogP contribution in [0.5, 0.6) is 0 Å². The lowest BCUT2D eigenvalue weighted by Crippen LogP contribution is -1.97. The van der Waals surface area contributed by atoms with E-state index in [1.165, 1.54) is 5.56 Å². The second-order valence-corrected chi connectivity index (χ2v) is 4.82. The predicted molar refractivity (Wildman–Crippen MR) is 65.9 cm³/mol. The molecule has 2 rings (SSSR count). The Kier molecular flexibility index (Phi) is 3.15. The summed E-state index contributed by atoms with van der Waals surface area (Å²) in [6, 6.07) is 3.99. The second kappa shape index (κ2) is 4.42. The molecule has 2 heterocycles. The predicted octanol–water partition coefficient (Wildman–Crippen LogP) is 3.14. The van der Waals surface area contributed by atoms with Gasteiger partial charge in [-0.3, -0.25) is 0 Å². The molecule has 4 heteroatoms. The van der Waals surface area contributed by atoms with E-state index in [1.54, 1.807) is 4.52 Å². The van der Waals surface area contributed by atoms with Crippen molar-refractivity contribution < 1.29 is 0 Å². The molecule has 2 aromatic rings. The van der Waals surface area contributed by atoms with E-state index < -0.39 is 0 Å². The zero-order chi connectivity index (χ0) is 11.7. The van der Waals surface area contributed by atoms with Crippen LogP contribution in [0.3, 0.4) is 0 Å². The molecule has 0 spiro atoms. The van der Waals surface area contributed by atoms with Crippen molar-refractivity contribution >= 4 is 17.2 Å². The summed E-state index contributed by atoms with van der Waals surface area (Å²) in [5, 5.41) is 5.04. The lowest BCUT2D eigenvalue weighted by atomic mass is 10.1. The van der Waals surface area contributed by atoms with Gasteiger partial charge in [-0.2, -0.15) is 0 Å². The van der Waals surface area contributed by atoms with Crippen LogP contribution in [0.2, 0.25) is 5.15 Å². The van der Waals surface area contributed by atoms with Crippen molar-refractivity contribution in [2.45, 2.75) is 33.6 Å². The van der Waals surface area contributed by atoms with Crippen molar-refractivity contribution in [2.75, 3.05) is 0 Å². The Balaban J connectivity index is 2.48. The molecular weight excluding hydrogens is 222 g/mol. The third-order valence-electron chi connectivity index (χ3n) is 2.50. The van der Waals surface area contributed by atoms with Crippen molar-refractivity contribution in [1.29, 1.82) is 0 Å². The molecule has 0 saturated heterocycles. The Bertz CT molecular complexity index is 502. The van der Waals surface area contributed by atoms with E-state index in [-0.39, 0.29) is 0 Å². The van der Waals surface area contributed by atoms with Crippen LogP contribution in [-0.2, 0) is 12.8 Å². The molecule has 0 radical (unpaired) electrons. The van der Waals surface area contributed by atoms with Gasteiger partial charge in [-0.1, -0.05) is 32.4 Å². The third-order valence-corrected chi connectivity index (χ3v) is 2.77.